The van der Waals surface area contributed by atoms with Crippen molar-refractivity contribution in [1.29, 1.82) is 0 Å². The SMILES string of the molecule is O=C(O)C1CC2CC(Nc3ccccc3)CCC2CN1. The number of hydrogen-bond donors (Lipinski definition) is 3. The quantitative estimate of drug-likeness (QED) is 0.791. The van der Waals surface area contributed by atoms with E-state index in [-0.39, 0.29) is 6.04 Å². The lowest BCUT2D eigenvalue weighted by Gasteiger charge is -2.42. The van der Waals surface area contributed by atoms with Crippen LogP contribution in [-0.4, -0.2) is 29.7 Å². The Labute approximate surface area is 119 Å². The van der Waals surface area contributed by atoms with Crippen LogP contribution in [0, 0.1) is 11.8 Å². The summed E-state index contributed by atoms with van der Waals surface area (Å²) in [5.41, 5.74) is 1.17. The molecule has 108 valence electrons. The van der Waals surface area contributed by atoms with Crippen LogP contribution in [0.15, 0.2) is 30.3 Å². The number of nitrogens with one attached hydrogen (secondary N) is 2. The van der Waals surface area contributed by atoms with Gasteiger partial charge in [-0.25, -0.2) is 0 Å². The van der Waals surface area contributed by atoms with Crippen LogP contribution in [0.1, 0.15) is 25.7 Å². The molecule has 0 amide bonds. The van der Waals surface area contributed by atoms with E-state index in [1.807, 2.05) is 18.2 Å². The van der Waals surface area contributed by atoms with Crippen LogP contribution in [0.4, 0.5) is 5.69 Å². The summed E-state index contributed by atoms with van der Waals surface area (Å²) in [6.07, 6.45) is 4.22. The number of fused-ring (bicyclic) bond motifs is 1. The van der Waals surface area contributed by atoms with Gasteiger partial charge in [-0.15, -0.1) is 0 Å². The van der Waals surface area contributed by atoms with Gasteiger partial charge >= 0.3 is 5.97 Å². The summed E-state index contributed by atoms with van der Waals surface area (Å²) in [6, 6.07) is 10.4. The van der Waals surface area contributed by atoms with Gasteiger partial charge in [0, 0.05) is 11.7 Å². The van der Waals surface area contributed by atoms with Gasteiger partial charge in [-0.05, 0) is 56.2 Å². The third-order valence-corrected chi connectivity index (χ3v) is 4.75. The Morgan fingerprint density at radius 2 is 1.95 bits per heavy atom. The molecule has 20 heavy (non-hydrogen) atoms. The van der Waals surface area contributed by atoms with Gasteiger partial charge in [-0.1, -0.05) is 18.2 Å². The second-order valence-electron chi connectivity index (χ2n) is 6.08. The van der Waals surface area contributed by atoms with E-state index in [0.29, 0.717) is 17.9 Å². The molecule has 4 heteroatoms. The molecule has 4 unspecified atom stereocenters. The molecule has 1 heterocycles. The van der Waals surface area contributed by atoms with Crippen molar-refractivity contribution in [2.24, 2.45) is 11.8 Å². The van der Waals surface area contributed by atoms with Crippen LogP contribution in [0.5, 0.6) is 0 Å². The minimum Gasteiger partial charge on any atom is -0.480 e. The van der Waals surface area contributed by atoms with Gasteiger partial charge < -0.3 is 15.7 Å². The van der Waals surface area contributed by atoms with E-state index in [2.05, 4.69) is 22.8 Å². The molecule has 3 N–H and O–H groups in total. The van der Waals surface area contributed by atoms with Crippen LogP contribution in [0.25, 0.3) is 0 Å². The molecule has 0 radical (unpaired) electrons. The molecule has 1 aromatic rings. The molecule has 0 aromatic heterocycles. The van der Waals surface area contributed by atoms with Gasteiger partial charge in [0.1, 0.15) is 6.04 Å². The van der Waals surface area contributed by atoms with Crippen molar-refractivity contribution in [3.8, 4) is 0 Å². The maximum Gasteiger partial charge on any atom is 0.320 e. The van der Waals surface area contributed by atoms with Crippen molar-refractivity contribution in [3.63, 3.8) is 0 Å². The minimum atomic E-state index is -0.707. The zero-order valence-corrected chi connectivity index (χ0v) is 11.6. The average Bonchev–Trinajstić information content (AvgIpc) is 2.47. The Hall–Kier alpha value is -1.55. The molecular weight excluding hydrogens is 252 g/mol. The Kier molecular flexibility index (Phi) is 3.92. The number of anilines is 1. The van der Waals surface area contributed by atoms with Crippen molar-refractivity contribution < 1.29 is 9.90 Å². The van der Waals surface area contributed by atoms with Gasteiger partial charge in [0.15, 0.2) is 0 Å². The Morgan fingerprint density at radius 1 is 1.15 bits per heavy atom. The maximum atomic E-state index is 11.1. The molecule has 0 spiro atoms. The smallest absolute Gasteiger partial charge is 0.320 e. The van der Waals surface area contributed by atoms with Crippen molar-refractivity contribution in [2.75, 3.05) is 11.9 Å². The number of hydrogen-bond acceptors (Lipinski definition) is 3. The van der Waals surface area contributed by atoms with E-state index < -0.39 is 5.97 Å². The number of piperidine rings is 1. The Bertz CT molecular complexity index is 463. The summed E-state index contributed by atoms with van der Waals surface area (Å²) in [7, 11) is 0. The number of para-hydroxylation sites is 1. The number of carboxylic acids is 1. The van der Waals surface area contributed by atoms with Crippen LogP contribution in [-0.2, 0) is 4.79 Å². The summed E-state index contributed by atoms with van der Waals surface area (Å²) in [5.74, 6) is 0.480. The van der Waals surface area contributed by atoms with Crippen molar-refractivity contribution in [2.45, 2.75) is 37.8 Å². The van der Waals surface area contributed by atoms with Gasteiger partial charge in [-0.3, -0.25) is 4.79 Å². The molecule has 0 bridgehead atoms. The van der Waals surface area contributed by atoms with Gasteiger partial charge in [0.2, 0.25) is 0 Å². The van der Waals surface area contributed by atoms with Crippen molar-refractivity contribution in [1.82, 2.24) is 5.32 Å². The fraction of sp³-hybridized carbons (Fsp3) is 0.562. The second-order valence-corrected chi connectivity index (χ2v) is 6.08. The molecular formula is C16H22N2O2. The highest BCUT2D eigenvalue weighted by molar-refractivity contribution is 5.73. The number of carbonyl (C=O) groups is 1. The Morgan fingerprint density at radius 3 is 2.70 bits per heavy atom. The maximum absolute atomic E-state index is 11.1. The van der Waals surface area contributed by atoms with Crippen LogP contribution in [0.2, 0.25) is 0 Å². The standard InChI is InChI=1S/C16H22N2O2/c19-16(20)15-9-12-8-14(7-6-11(12)10-17-15)18-13-4-2-1-3-5-13/h1-5,11-12,14-15,17-18H,6-10H2,(H,19,20). The van der Waals surface area contributed by atoms with Crippen LogP contribution in [0.3, 0.4) is 0 Å². The predicted molar refractivity (Wildman–Crippen MR) is 78.7 cm³/mol. The van der Waals surface area contributed by atoms with Gasteiger partial charge in [-0.2, -0.15) is 0 Å². The normalized spacial score (nSPS) is 33.2. The van der Waals surface area contributed by atoms with E-state index in [9.17, 15) is 4.79 Å². The first kappa shape index (κ1) is 13.4. The number of aliphatic carboxylic acids is 1. The molecule has 2 aliphatic rings. The van der Waals surface area contributed by atoms with Gasteiger partial charge in [0.05, 0.1) is 0 Å². The van der Waals surface area contributed by atoms with Crippen molar-refractivity contribution >= 4 is 11.7 Å². The molecule has 1 saturated carbocycles. The molecule has 4 nitrogen and oxygen atoms in total. The fourth-order valence-electron chi connectivity index (χ4n) is 3.65. The molecule has 1 aromatic carbocycles. The van der Waals surface area contributed by atoms with E-state index in [1.165, 1.54) is 18.5 Å². The molecule has 1 aliphatic carbocycles. The first-order valence-electron chi connectivity index (χ1n) is 7.50. The lowest BCUT2D eigenvalue weighted by molar-refractivity contribution is -0.141. The van der Waals surface area contributed by atoms with Crippen LogP contribution < -0.4 is 10.6 Å². The summed E-state index contributed by atoms with van der Waals surface area (Å²) < 4.78 is 0. The molecule has 1 saturated heterocycles. The highest BCUT2D eigenvalue weighted by Crippen LogP contribution is 2.36. The predicted octanol–water partition coefficient (Wildman–Crippen LogP) is 2.33. The lowest BCUT2D eigenvalue weighted by atomic mass is 9.72. The fourth-order valence-corrected chi connectivity index (χ4v) is 3.65. The highest BCUT2D eigenvalue weighted by Gasteiger charge is 2.37. The molecule has 1 aliphatic heterocycles. The average molecular weight is 274 g/mol. The van der Waals surface area contributed by atoms with E-state index in [1.54, 1.807) is 0 Å². The van der Waals surface area contributed by atoms with Crippen LogP contribution >= 0.6 is 0 Å². The number of benzene rings is 1. The largest absolute Gasteiger partial charge is 0.480 e. The summed E-state index contributed by atoms with van der Waals surface area (Å²) >= 11 is 0. The number of carboxylic acid groups (broad SMARTS) is 1. The lowest BCUT2D eigenvalue weighted by Crippen LogP contribution is -2.50. The Balaban J connectivity index is 1.60. The summed E-state index contributed by atoms with van der Waals surface area (Å²) in [5, 5.41) is 15.9. The topological polar surface area (TPSA) is 61.4 Å². The summed E-state index contributed by atoms with van der Waals surface area (Å²) in [6.45, 7) is 0.861. The molecule has 2 fully saturated rings. The molecule has 4 atom stereocenters. The zero-order chi connectivity index (χ0) is 13.9. The van der Waals surface area contributed by atoms with E-state index >= 15 is 0 Å². The third-order valence-electron chi connectivity index (χ3n) is 4.75. The first-order chi connectivity index (χ1) is 9.72. The molecule has 3 rings (SSSR count). The third kappa shape index (κ3) is 2.96. The van der Waals surface area contributed by atoms with E-state index in [4.69, 9.17) is 5.11 Å². The van der Waals surface area contributed by atoms with Gasteiger partial charge in [0.25, 0.3) is 0 Å². The number of rotatable bonds is 3. The monoisotopic (exact) mass is 274 g/mol. The van der Waals surface area contributed by atoms with Crippen molar-refractivity contribution in [3.05, 3.63) is 30.3 Å². The van der Waals surface area contributed by atoms with E-state index in [0.717, 1.165) is 19.4 Å². The zero-order valence-electron chi connectivity index (χ0n) is 11.6. The highest BCUT2D eigenvalue weighted by atomic mass is 16.4. The summed E-state index contributed by atoms with van der Waals surface area (Å²) in [4.78, 5) is 11.1. The first-order valence-corrected chi connectivity index (χ1v) is 7.50. The second kappa shape index (κ2) is 5.83. The minimum absolute atomic E-state index is 0.355.